The molecule has 63 heavy (non-hydrogen) atoms. The second-order valence-electron chi connectivity index (χ2n) is 16.9. The summed E-state index contributed by atoms with van der Waals surface area (Å²) in [5.74, 6) is 0.156. The van der Waals surface area contributed by atoms with E-state index in [1.54, 1.807) is 0 Å². The van der Waals surface area contributed by atoms with Gasteiger partial charge in [0.15, 0.2) is 0 Å². The molecule has 8 aromatic carbocycles. The van der Waals surface area contributed by atoms with Crippen molar-refractivity contribution in [3.05, 3.63) is 251 Å². The van der Waals surface area contributed by atoms with Gasteiger partial charge in [0, 0.05) is 5.92 Å². The lowest BCUT2D eigenvalue weighted by Crippen LogP contribution is -2.24. The molecule has 0 saturated heterocycles. The summed E-state index contributed by atoms with van der Waals surface area (Å²) in [4.78, 5) is 0. The molecular formula is C63H54. The van der Waals surface area contributed by atoms with Crippen LogP contribution in [0.5, 0.6) is 0 Å². The number of hydrogen-bond acceptors (Lipinski definition) is 0. The standard InChI is InChI=1S/C63H54/c1-7-46-20-12-14-24-51(46)36-42(3)60(38-44(5)61-39-53-26-16-17-27-56(53)57-28-18-19-29-58(57)61)55-34-35-59-62(43(4)37-52-25-15-13-21-47(52)8-2)40-54(41-63(59)45(55)6)50-32-30-49(31-33-50)48-22-10-9-11-23-48/h7-13,15-23,25-41,43H,1,5,14,24H2,2-4,6H3/b42-36+,47-8-,52-37-,60-38-. The lowest BCUT2D eigenvalue weighted by Gasteiger charge is -2.21. The molecule has 1 unspecified atom stereocenters. The minimum absolute atomic E-state index is 0.156. The summed E-state index contributed by atoms with van der Waals surface area (Å²) in [5.41, 5.74) is 15.7. The average molecular weight is 811 g/mol. The van der Waals surface area contributed by atoms with Crippen molar-refractivity contribution in [3.63, 3.8) is 0 Å². The quantitative estimate of drug-likeness (QED) is 0.0953. The lowest BCUT2D eigenvalue weighted by molar-refractivity contribution is 0.976. The number of aryl methyl sites for hydroxylation is 1. The third-order valence-electron chi connectivity index (χ3n) is 13.0. The summed E-state index contributed by atoms with van der Waals surface area (Å²) in [6.07, 6.45) is 17.8. The fourth-order valence-electron chi connectivity index (χ4n) is 9.58. The maximum Gasteiger partial charge on any atom is 0.000514 e. The molecule has 0 aliphatic heterocycles. The molecule has 0 fully saturated rings. The van der Waals surface area contributed by atoms with Crippen molar-refractivity contribution in [3.8, 4) is 22.3 Å². The summed E-state index contributed by atoms with van der Waals surface area (Å²) in [7, 11) is 0. The van der Waals surface area contributed by atoms with E-state index in [4.69, 9.17) is 6.58 Å². The minimum Gasteiger partial charge on any atom is -0.0985 e. The first-order valence-electron chi connectivity index (χ1n) is 22.3. The van der Waals surface area contributed by atoms with Gasteiger partial charge in [-0.2, -0.15) is 0 Å². The van der Waals surface area contributed by atoms with Gasteiger partial charge in [-0.05, 0) is 173 Å². The maximum absolute atomic E-state index is 4.82. The molecule has 0 nitrogen and oxygen atoms in total. The monoisotopic (exact) mass is 810 g/mol. The van der Waals surface area contributed by atoms with Gasteiger partial charge in [-0.1, -0.05) is 196 Å². The van der Waals surface area contributed by atoms with Crippen molar-refractivity contribution in [2.45, 2.75) is 46.5 Å². The highest BCUT2D eigenvalue weighted by molar-refractivity contribution is 6.13. The van der Waals surface area contributed by atoms with E-state index in [1.807, 2.05) is 6.08 Å². The van der Waals surface area contributed by atoms with E-state index < -0.39 is 0 Å². The first-order valence-corrected chi connectivity index (χ1v) is 22.3. The molecule has 1 aliphatic carbocycles. The topological polar surface area (TPSA) is 0 Å². The highest BCUT2D eigenvalue weighted by Crippen LogP contribution is 2.41. The lowest BCUT2D eigenvalue weighted by atomic mass is 9.83. The van der Waals surface area contributed by atoms with Crippen LogP contribution in [-0.4, -0.2) is 0 Å². The van der Waals surface area contributed by atoms with E-state index >= 15 is 0 Å². The van der Waals surface area contributed by atoms with Crippen molar-refractivity contribution in [2.24, 2.45) is 0 Å². The molecule has 9 rings (SSSR count). The van der Waals surface area contributed by atoms with E-state index in [0.717, 1.165) is 24.0 Å². The number of rotatable bonds is 10. The van der Waals surface area contributed by atoms with Gasteiger partial charge in [-0.15, -0.1) is 0 Å². The van der Waals surface area contributed by atoms with Crippen LogP contribution in [0.3, 0.4) is 0 Å². The first-order chi connectivity index (χ1) is 30.8. The molecule has 1 aliphatic rings. The Morgan fingerprint density at radius 2 is 1.27 bits per heavy atom. The molecule has 306 valence electrons. The van der Waals surface area contributed by atoms with E-state index in [2.05, 4.69) is 228 Å². The zero-order chi connectivity index (χ0) is 43.5. The van der Waals surface area contributed by atoms with E-state index in [1.165, 1.54) is 104 Å². The molecule has 0 heterocycles. The van der Waals surface area contributed by atoms with E-state index in [-0.39, 0.29) is 5.92 Å². The summed E-state index contributed by atoms with van der Waals surface area (Å²) < 4.78 is 0. The van der Waals surface area contributed by atoms with Gasteiger partial charge in [-0.3, -0.25) is 0 Å². The summed E-state index contributed by atoms with van der Waals surface area (Å²) in [6, 6.07) is 57.7. The normalized spacial score (nSPS) is 14.5. The summed E-state index contributed by atoms with van der Waals surface area (Å²) in [6.45, 7) is 18.0. The summed E-state index contributed by atoms with van der Waals surface area (Å²) >= 11 is 0. The van der Waals surface area contributed by atoms with Gasteiger partial charge >= 0.3 is 0 Å². The molecule has 8 aromatic rings. The van der Waals surface area contributed by atoms with Gasteiger partial charge < -0.3 is 0 Å². The van der Waals surface area contributed by atoms with Gasteiger partial charge in [0.1, 0.15) is 0 Å². The Morgan fingerprint density at radius 3 is 2.02 bits per heavy atom. The Balaban J connectivity index is 1.26. The van der Waals surface area contributed by atoms with Gasteiger partial charge in [-0.25, -0.2) is 0 Å². The van der Waals surface area contributed by atoms with Crippen LogP contribution in [0.2, 0.25) is 0 Å². The molecule has 0 amide bonds. The Labute approximate surface area is 373 Å². The minimum atomic E-state index is 0.156. The summed E-state index contributed by atoms with van der Waals surface area (Å²) in [5, 5.41) is 9.96. The van der Waals surface area contributed by atoms with Crippen LogP contribution >= 0.6 is 0 Å². The first kappa shape index (κ1) is 41.1. The van der Waals surface area contributed by atoms with Crippen LogP contribution in [0.4, 0.5) is 0 Å². The smallest absolute Gasteiger partial charge is 0.000514 e. The maximum atomic E-state index is 4.82. The predicted octanol–water partition coefficient (Wildman–Crippen LogP) is 16.0. The fourth-order valence-corrected chi connectivity index (χ4v) is 9.58. The molecule has 0 bridgehead atoms. The molecule has 0 aromatic heterocycles. The Morgan fingerprint density at radius 1 is 0.619 bits per heavy atom. The van der Waals surface area contributed by atoms with Crippen molar-refractivity contribution in [1.29, 1.82) is 0 Å². The number of hydrogen-bond donors (Lipinski definition) is 0. The van der Waals surface area contributed by atoms with Crippen LogP contribution in [0.25, 0.3) is 77.9 Å². The molecular weight excluding hydrogens is 757 g/mol. The molecule has 0 spiro atoms. The predicted molar refractivity (Wildman–Crippen MR) is 276 cm³/mol. The number of fused-ring (bicyclic) bond motifs is 4. The second-order valence-corrected chi connectivity index (χ2v) is 16.9. The highest BCUT2D eigenvalue weighted by atomic mass is 14.2. The Bertz CT molecular complexity index is 3320. The van der Waals surface area contributed by atoms with Crippen LogP contribution in [0, 0.1) is 6.92 Å². The second kappa shape index (κ2) is 18.0. The van der Waals surface area contributed by atoms with Crippen LogP contribution in [0.1, 0.15) is 61.8 Å². The molecule has 0 N–H and O–H groups in total. The van der Waals surface area contributed by atoms with Gasteiger partial charge in [0.05, 0.1) is 0 Å². The van der Waals surface area contributed by atoms with Crippen molar-refractivity contribution in [1.82, 2.24) is 0 Å². The van der Waals surface area contributed by atoms with Crippen molar-refractivity contribution in [2.75, 3.05) is 0 Å². The number of allylic oxidation sites excluding steroid dienone is 10. The van der Waals surface area contributed by atoms with E-state index in [9.17, 15) is 0 Å². The zero-order valence-electron chi connectivity index (χ0n) is 37.0. The largest absolute Gasteiger partial charge is 0.0985 e. The Kier molecular flexibility index (Phi) is 11.7. The average Bonchev–Trinajstić information content (AvgIpc) is 3.33. The van der Waals surface area contributed by atoms with Crippen LogP contribution < -0.4 is 10.4 Å². The van der Waals surface area contributed by atoms with Gasteiger partial charge in [0.25, 0.3) is 0 Å². The third-order valence-corrected chi connectivity index (χ3v) is 13.0. The van der Waals surface area contributed by atoms with Gasteiger partial charge in [0.2, 0.25) is 0 Å². The molecule has 0 saturated carbocycles. The number of benzene rings is 8. The SMILES string of the molecule is C=CC1=C(/C=C(C)/C(=C/C(=C)c2cc3ccccc3c3ccccc23)c2ccc3c(C(C)/C=c4/cccc/c4=C/C)cc(-c4ccc(-c5ccccc5)cc4)cc3c2C)CCC=C1. The molecule has 0 radical (unpaired) electrons. The zero-order valence-corrected chi connectivity index (χ0v) is 37.0. The molecule has 1 atom stereocenters. The van der Waals surface area contributed by atoms with Crippen molar-refractivity contribution >= 4 is 55.6 Å². The van der Waals surface area contributed by atoms with Crippen LogP contribution in [-0.2, 0) is 0 Å². The molecule has 0 heteroatoms. The van der Waals surface area contributed by atoms with E-state index in [0.29, 0.717) is 0 Å². The fraction of sp³-hybridized carbons (Fsp3) is 0.111. The van der Waals surface area contributed by atoms with Crippen molar-refractivity contribution < 1.29 is 0 Å². The Hall–Kier alpha value is -7.28. The third kappa shape index (κ3) is 8.26. The van der Waals surface area contributed by atoms with Crippen LogP contribution in [0.15, 0.2) is 218 Å². The highest BCUT2D eigenvalue weighted by Gasteiger charge is 2.18.